The number of hydrogen-bond acceptors (Lipinski definition) is 3. The molecule has 0 aliphatic heterocycles. The third kappa shape index (κ3) is 7.93. The third-order valence-electron chi connectivity index (χ3n) is 8.93. The van der Waals surface area contributed by atoms with Crippen LogP contribution in [0.1, 0.15) is 22.3 Å². The van der Waals surface area contributed by atoms with Gasteiger partial charge in [0.15, 0.2) is 0 Å². The van der Waals surface area contributed by atoms with Crippen molar-refractivity contribution in [3.05, 3.63) is 186 Å². The van der Waals surface area contributed by atoms with E-state index in [2.05, 4.69) is 143 Å². The average Bonchev–Trinajstić information content (AvgIpc) is 3.16. The highest BCUT2D eigenvalue weighted by Gasteiger charge is 2.35. The van der Waals surface area contributed by atoms with Crippen molar-refractivity contribution in [2.45, 2.75) is 27.7 Å². The Morgan fingerprint density at radius 3 is 1.24 bits per heavy atom. The zero-order chi connectivity index (χ0) is 35.2. The molecule has 0 fully saturated rings. The van der Waals surface area contributed by atoms with Gasteiger partial charge in [-0.25, -0.2) is 0 Å². The molecule has 51 heavy (non-hydrogen) atoms. The Bertz CT molecular complexity index is 2160. The van der Waals surface area contributed by atoms with Crippen molar-refractivity contribution in [3.8, 4) is 50.6 Å². The molecule has 7 rings (SSSR count). The van der Waals surface area contributed by atoms with Crippen LogP contribution in [-0.2, 0) is 0 Å². The van der Waals surface area contributed by atoms with Crippen molar-refractivity contribution >= 4 is 26.5 Å². The Morgan fingerprint density at radius 2 is 0.784 bits per heavy atom. The van der Waals surface area contributed by atoms with Crippen molar-refractivity contribution in [2.24, 2.45) is 0 Å². The first kappa shape index (κ1) is 33.9. The Balaban J connectivity index is 1.53. The summed E-state index contributed by atoms with van der Waals surface area (Å²) in [5, 5.41) is 2.30. The number of benzene rings is 7. The summed E-state index contributed by atoms with van der Waals surface area (Å²) in [6.45, 7) is 8.49. The van der Waals surface area contributed by atoms with Gasteiger partial charge in [0.05, 0.1) is 0 Å². The monoisotopic (exact) mass is 682 g/mol. The van der Waals surface area contributed by atoms with Gasteiger partial charge in [-0.1, -0.05) is 165 Å². The van der Waals surface area contributed by atoms with Gasteiger partial charge >= 0.3 is 7.32 Å². The van der Waals surface area contributed by atoms with Crippen LogP contribution < -0.4 is 24.6 Å². The smallest absolute Gasteiger partial charge is 0.490 e. The van der Waals surface area contributed by atoms with Crippen LogP contribution in [0, 0.1) is 27.7 Å². The molecule has 0 spiro atoms. The molecule has 0 saturated carbocycles. The van der Waals surface area contributed by atoms with E-state index in [4.69, 9.17) is 14.0 Å². The van der Waals surface area contributed by atoms with Crippen LogP contribution >= 0.6 is 8.58 Å². The van der Waals surface area contributed by atoms with Gasteiger partial charge in [-0.05, 0) is 90.6 Å². The number of rotatable bonds is 11. The highest BCUT2D eigenvalue weighted by atomic mass is 31.1. The minimum atomic E-state index is -1.10. The fraction of sp³-hybridized carbons (Fsp3) is 0.0870. The molecule has 3 nitrogen and oxygen atoms in total. The fourth-order valence-electron chi connectivity index (χ4n) is 6.31. The van der Waals surface area contributed by atoms with Gasteiger partial charge in [0.1, 0.15) is 17.2 Å². The Hall–Kier alpha value is -5.57. The molecule has 7 aromatic rings. The van der Waals surface area contributed by atoms with Crippen molar-refractivity contribution < 1.29 is 14.0 Å². The maximum Gasteiger partial charge on any atom is 0.864 e. The van der Waals surface area contributed by atoms with Gasteiger partial charge in [-0.2, -0.15) is 0 Å². The van der Waals surface area contributed by atoms with Crippen LogP contribution in [0.2, 0.25) is 0 Å². The number of hydrogen-bond donors (Lipinski definition) is 0. The predicted molar refractivity (Wildman–Crippen MR) is 216 cm³/mol. The molecular formula is C46H40BO3P. The molecule has 1 unspecified atom stereocenters. The topological polar surface area (TPSA) is 27.7 Å². The highest BCUT2D eigenvalue weighted by molar-refractivity contribution is 7.56. The highest BCUT2D eigenvalue weighted by Crippen LogP contribution is 2.47. The van der Waals surface area contributed by atoms with Gasteiger partial charge in [0.25, 0.3) is 0 Å². The van der Waals surface area contributed by atoms with E-state index in [0.717, 1.165) is 55.6 Å². The average molecular weight is 683 g/mol. The van der Waals surface area contributed by atoms with Crippen molar-refractivity contribution in [1.82, 2.24) is 0 Å². The van der Waals surface area contributed by atoms with Crippen LogP contribution in [0.3, 0.4) is 0 Å². The minimum Gasteiger partial charge on any atom is -0.490 e. The normalized spacial score (nSPS) is 11.1. The first-order chi connectivity index (χ1) is 24.9. The van der Waals surface area contributed by atoms with E-state index in [1.807, 2.05) is 48.5 Å². The molecule has 0 radical (unpaired) electrons. The Morgan fingerprint density at radius 1 is 0.392 bits per heavy atom. The van der Waals surface area contributed by atoms with Crippen molar-refractivity contribution in [2.75, 3.05) is 0 Å². The molecule has 0 bridgehead atoms. The molecule has 0 N–H and O–H groups in total. The Kier molecular flexibility index (Phi) is 10.3. The van der Waals surface area contributed by atoms with E-state index in [9.17, 15) is 0 Å². The maximum atomic E-state index is 7.24. The lowest BCUT2D eigenvalue weighted by atomic mass is 9.85. The van der Waals surface area contributed by atoms with E-state index in [1.165, 1.54) is 16.4 Å². The predicted octanol–water partition coefficient (Wildman–Crippen LogP) is 11.1. The molecule has 0 aromatic heterocycles. The van der Waals surface area contributed by atoms with Crippen LogP contribution in [0.5, 0.6) is 17.2 Å². The van der Waals surface area contributed by atoms with Gasteiger partial charge in [-0.15, -0.1) is 0 Å². The van der Waals surface area contributed by atoms with E-state index in [-0.39, 0.29) is 8.58 Å². The van der Waals surface area contributed by atoms with Gasteiger partial charge < -0.3 is 14.0 Å². The van der Waals surface area contributed by atoms with Crippen molar-refractivity contribution in [1.29, 1.82) is 0 Å². The first-order valence-corrected chi connectivity index (χ1v) is 18.3. The van der Waals surface area contributed by atoms with E-state index >= 15 is 0 Å². The summed E-state index contributed by atoms with van der Waals surface area (Å²) in [6.07, 6.45) is 0. The molecule has 0 saturated heterocycles. The summed E-state index contributed by atoms with van der Waals surface area (Å²) in [5.74, 6) is 2.04. The molecule has 0 aliphatic rings. The molecular weight excluding hydrogens is 642 g/mol. The van der Waals surface area contributed by atoms with Crippen LogP contribution in [0.15, 0.2) is 164 Å². The molecule has 1 atom stereocenters. The van der Waals surface area contributed by atoms with Gasteiger partial charge in [-0.3, -0.25) is 0 Å². The van der Waals surface area contributed by atoms with Crippen molar-refractivity contribution in [3.63, 3.8) is 0 Å². The summed E-state index contributed by atoms with van der Waals surface area (Å²) >= 11 is 0. The second-order valence-electron chi connectivity index (χ2n) is 12.8. The number of aryl methyl sites for hydroxylation is 3. The largest absolute Gasteiger partial charge is 0.864 e. The van der Waals surface area contributed by atoms with Crippen LogP contribution in [-0.4, -0.2) is 7.32 Å². The van der Waals surface area contributed by atoms with Gasteiger partial charge in [0, 0.05) is 10.9 Å². The SMILES string of the molecule is Cc1ccc(OB(Oc2ccc(C)cc2)Oc2c(Pc3ccc(C)cc3)c(-c3ccccc3)c(C)c(-c3ccccc3)c2-c2ccccc2)cc1. The minimum absolute atomic E-state index is 0.284. The fourth-order valence-corrected chi connectivity index (χ4v) is 7.68. The summed E-state index contributed by atoms with van der Waals surface area (Å²) < 4.78 is 20.4. The lowest BCUT2D eigenvalue weighted by Crippen LogP contribution is -2.38. The van der Waals surface area contributed by atoms with E-state index in [0.29, 0.717) is 11.5 Å². The lowest BCUT2D eigenvalue weighted by molar-refractivity contribution is 0.309. The second-order valence-corrected chi connectivity index (χ2v) is 14.1. The van der Waals surface area contributed by atoms with Crippen LogP contribution in [0.25, 0.3) is 33.4 Å². The first-order valence-electron chi connectivity index (χ1n) is 17.3. The van der Waals surface area contributed by atoms with Gasteiger partial charge in [0.2, 0.25) is 0 Å². The Labute approximate surface area is 303 Å². The summed E-state index contributed by atoms with van der Waals surface area (Å²) in [6, 6.07) is 56.5. The van der Waals surface area contributed by atoms with E-state index < -0.39 is 7.32 Å². The zero-order valence-electron chi connectivity index (χ0n) is 29.4. The lowest BCUT2D eigenvalue weighted by Gasteiger charge is -2.28. The molecule has 0 aliphatic carbocycles. The summed E-state index contributed by atoms with van der Waals surface area (Å²) in [4.78, 5) is 0. The second kappa shape index (κ2) is 15.5. The molecule has 250 valence electrons. The summed E-state index contributed by atoms with van der Waals surface area (Å²) in [5.41, 5.74) is 11.2. The molecule has 5 heteroatoms. The summed E-state index contributed by atoms with van der Waals surface area (Å²) in [7, 11) is -0.819. The maximum absolute atomic E-state index is 7.24. The quantitative estimate of drug-likeness (QED) is 0.100. The third-order valence-corrected chi connectivity index (χ3v) is 10.3. The zero-order valence-corrected chi connectivity index (χ0v) is 30.4. The molecule has 0 heterocycles. The van der Waals surface area contributed by atoms with Crippen LogP contribution in [0.4, 0.5) is 0 Å². The van der Waals surface area contributed by atoms with E-state index in [1.54, 1.807) is 0 Å². The standard InChI is InChI=1S/C46H40BO3P/c1-32-20-26-39(27-21-32)48-47(49-40-28-22-33(2)23-29-40)50-45-44(38-18-12-7-13-19-38)42(36-14-8-5-9-15-36)35(4)43(37-16-10-6-11-17-37)46(45)51-41-30-24-34(3)25-31-41/h5-31,51H,1-4H3. The molecule has 0 amide bonds. The molecule has 7 aromatic carbocycles.